The lowest BCUT2D eigenvalue weighted by atomic mass is 10.3. The molecule has 1 heterocycles. The molecule has 76 valence electrons. The van der Waals surface area contributed by atoms with Crippen LogP contribution >= 0.6 is 11.8 Å². The Balaban J connectivity index is 2.15. The molecule has 0 amide bonds. The number of halogens is 2. The molecule has 0 bridgehead atoms. The molecule has 2 nitrogen and oxygen atoms in total. The summed E-state index contributed by atoms with van der Waals surface area (Å²) in [6, 6.07) is 0. The lowest BCUT2D eigenvalue weighted by Gasteiger charge is -2.15. The van der Waals surface area contributed by atoms with Crippen LogP contribution in [-0.2, 0) is 0 Å². The Morgan fingerprint density at radius 3 is 2.92 bits per heavy atom. The largest absolute Gasteiger partial charge is 0.365 e. The maximum atomic E-state index is 12.4. The van der Waals surface area contributed by atoms with Crippen molar-refractivity contribution in [1.29, 1.82) is 0 Å². The molecule has 0 aromatic carbocycles. The summed E-state index contributed by atoms with van der Waals surface area (Å²) in [6.07, 6.45) is 0.951. The van der Waals surface area contributed by atoms with Crippen molar-refractivity contribution in [3.63, 3.8) is 0 Å². The average Bonchev–Trinajstić information content (AvgIpc) is 2.04. The lowest BCUT2D eigenvalue weighted by molar-refractivity contribution is 0.0146. The molecule has 13 heavy (non-hydrogen) atoms. The number of alkyl halides is 2. The highest BCUT2D eigenvalue weighted by molar-refractivity contribution is 8.13. The van der Waals surface area contributed by atoms with Gasteiger partial charge in [-0.1, -0.05) is 11.8 Å². The predicted octanol–water partition coefficient (Wildman–Crippen LogP) is 2.11. The molecule has 0 saturated heterocycles. The molecule has 0 unspecified atom stereocenters. The van der Waals surface area contributed by atoms with Crippen LogP contribution < -0.4 is 5.32 Å². The molecular formula is C8H14F2N2S. The second-order valence-corrected chi connectivity index (χ2v) is 4.22. The van der Waals surface area contributed by atoms with Crippen molar-refractivity contribution < 1.29 is 8.78 Å². The minimum atomic E-state index is -2.58. The van der Waals surface area contributed by atoms with Crippen molar-refractivity contribution >= 4 is 16.9 Å². The lowest BCUT2D eigenvalue weighted by Crippen LogP contribution is -2.28. The summed E-state index contributed by atoms with van der Waals surface area (Å²) in [7, 11) is 0. The summed E-state index contributed by atoms with van der Waals surface area (Å²) in [4.78, 5) is 4.17. The van der Waals surface area contributed by atoms with Crippen LogP contribution in [0.2, 0.25) is 0 Å². The molecular weight excluding hydrogens is 194 g/mol. The fourth-order valence-electron chi connectivity index (χ4n) is 0.955. The van der Waals surface area contributed by atoms with Crippen molar-refractivity contribution in [3.05, 3.63) is 0 Å². The molecule has 0 atom stereocenters. The summed E-state index contributed by atoms with van der Waals surface area (Å²) in [5, 5.41) is 3.73. The third kappa shape index (κ3) is 5.08. The number of nitrogens with one attached hydrogen (secondary N) is 1. The number of nitrogens with zero attached hydrogens (tertiary/aromatic N) is 1. The maximum Gasteiger partial charge on any atom is 0.247 e. The van der Waals surface area contributed by atoms with E-state index in [9.17, 15) is 8.78 Å². The molecule has 0 aromatic rings. The van der Waals surface area contributed by atoms with Gasteiger partial charge in [-0.25, -0.2) is 8.78 Å². The van der Waals surface area contributed by atoms with Crippen molar-refractivity contribution in [2.24, 2.45) is 4.99 Å². The van der Waals surface area contributed by atoms with Gasteiger partial charge in [0.15, 0.2) is 5.17 Å². The number of hydrogen-bond acceptors (Lipinski definition) is 3. The minimum Gasteiger partial charge on any atom is -0.365 e. The Labute approximate surface area is 81.2 Å². The van der Waals surface area contributed by atoms with Gasteiger partial charge in [0.05, 0.1) is 0 Å². The van der Waals surface area contributed by atoms with Crippen LogP contribution in [0.25, 0.3) is 0 Å². The smallest absolute Gasteiger partial charge is 0.247 e. The third-order valence-electron chi connectivity index (χ3n) is 1.64. The Kier molecular flexibility index (Phi) is 3.96. The topological polar surface area (TPSA) is 24.4 Å². The summed E-state index contributed by atoms with van der Waals surface area (Å²) < 4.78 is 24.8. The number of thioether (sulfide) groups is 1. The minimum absolute atomic E-state index is 0.132. The summed E-state index contributed by atoms with van der Waals surface area (Å²) in [5.41, 5.74) is 0. The molecule has 5 heteroatoms. The molecule has 0 saturated carbocycles. The van der Waals surface area contributed by atoms with Gasteiger partial charge >= 0.3 is 0 Å². The highest BCUT2D eigenvalue weighted by atomic mass is 32.2. The van der Waals surface area contributed by atoms with Crippen molar-refractivity contribution in [1.82, 2.24) is 5.32 Å². The second-order valence-electron chi connectivity index (χ2n) is 3.14. The Morgan fingerprint density at radius 1 is 1.62 bits per heavy atom. The van der Waals surface area contributed by atoms with Gasteiger partial charge in [0.1, 0.15) is 0 Å². The van der Waals surface area contributed by atoms with E-state index in [1.165, 1.54) is 0 Å². The van der Waals surface area contributed by atoms with E-state index in [2.05, 4.69) is 10.3 Å². The van der Waals surface area contributed by atoms with E-state index in [0.717, 1.165) is 30.8 Å². The van der Waals surface area contributed by atoms with Crippen LogP contribution in [0, 0.1) is 0 Å². The van der Waals surface area contributed by atoms with Gasteiger partial charge in [-0.2, -0.15) is 0 Å². The van der Waals surface area contributed by atoms with Gasteiger partial charge < -0.3 is 5.32 Å². The molecule has 0 aliphatic carbocycles. The standard InChI is InChI=1S/C8H14F2N2S/c1-8(9,10)3-5-12-7-11-4-2-6-13-7/h2-6H2,1H3,(H,11,12). The van der Waals surface area contributed by atoms with E-state index in [4.69, 9.17) is 0 Å². The van der Waals surface area contributed by atoms with Crippen LogP contribution in [0.3, 0.4) is 0 Å². The number of aliphatic imine (C=N–C) groups is 1. The van der Waals surface area contributed by atoms with Crippen molar-refractivity contribution in [2.75, 3.05) is 18.8 Å². The van der Waals surface area contributed by atoms with E-state index in [0.29, 0.717) is 6.54 Å². The summed E-state index contributed by atoms with van der Waals surface area (Å²) >= 11 is 1.61. The first-order valence-corrected chi connectivity index (χ1v) is 5.35. The number of rotatable bonds is 3. The molecule has 1 aliphatic heterocycles. The zero-order valence-electron chi connectivity index (χ0n) is 7.65. The van der Waals surface area contributed by atoms with Gasteiger partial charge in [0, 0.05) is 25.3 Å². The molecule has 0 spiro atoms. The first-order valence-electron chi connectivity index (χ1n) is 4.37. The van der Waals surface area contributed by atoms with Gasteiger partial charge in [-0.15, -0.1) is 0 Å². The molecule has 1 N–H and O–H groups in total. The third-order valence-corrected chi connectivity index (χ3v) is 2.68. The van der Waals surface area contributed by atoms with Crippen molar-refractivity contribution in [2.45, 2.75) is 25.7 Å². The van der Waals surface area contributed by atoms with E-state index in [1.54, 1.807) is 11.8 Å². The van der Waals surface area contributed by atoms with Crippen LogP contribution in [0.15, 0.2) is 4.99 Å². The zero-order chi connectivity index (χ0) is 9.73. The monoisotopic (exact) mass is 208 g/mol. The van der Waals surface area contributed by atoms with Crippen molar-refractivity contribution in [3.8, 4) is 0 Å². The van der Waals surface area contributed by atoms with Gasteiger partial charge in [-0.3, -0.25) is 4.99 Å². The Morgan fingerprint density at radius 2 is 2.38 bits per heavy atom. The first kappa shape index (κ1) is 10.8. The molecule has 1 rings (SSSR count). The normalized spacial score (nSPS) is 18.2. The summed E-state index contributed by atoms with van der Waals surface area (Å²) in [6.45, 7) is 2.05. The zero-order valence-corrected chi connectivity index (χ0v) is 8.46. The van der Waals surface area contributed by atoms with Crippen LogP contribution in [0.1, 0.15) is 19.8 Å². The number of hydrogen-bond donors (Lipinski definition) is 1. The molecule has 0 radical (unpaired) electrons. The highest BCUT2D eigenvalue weighted by Crippen LogP contribution is 2.16. The first-order chi connectivity index (χ1) is 6.08. The van der Waals surface area contributed by atoms with Crippen LogP contribution in [0.4, 0.5) is 8.78 Å². The molecule has 0 fully saturated rings. The second kappa shape index (κ2) is 4.79. The fraction of sp³-hybridized carbons (Fsp3) is 0.875. The van der Waals surface area contributed by atoms with Gasteiger partial charge in [0.2, 0.25) is 5.92 Å². The summed E-state index contributed by atoms with van der Waals surface area (Å²) in [5.74, 6) is -1.54. The fourth-order valence-corrected chi connectivity index (χ4v) is 1.81. The van der Waals surface area contributed by atoms with E-state index >= 15 is 0 Å². The van der Waals surface area contributed by atoms with Gasteiger partial charge in [-0.05, 0) is 13.3 Å². The van der Waals surface area contributed by atoms with E-state index in [-0.39, 0.29) is 6.42 Å². The Bertz CT molecular complexity index is 189. The molecule has 0 aromatic heterocycles. The average molecular weight is 208 g/mol. The quantitative estimate of drug-likeness (QED) is 0.768. The predicted molar refractivity (Wildman–Crippen MR) is 52.6 cm³/mol. The maximum absolute atomic E-state index is 12.4. The Hall–Kier alpha value is -0.320. The molecule has 1 aliphatic rings. The SMILES string of the molecule is CC(F)(F)CCNC1=NCCCS1. The number of amidine groups is 1. The van der Waals surface area contributed by atoms with Crippen LogP contribution in [0.5, 0.6) is 0 Å². The highest BCUT2D eigenvalue weighted by Gasteiger charge is 2.20. The van der Waals surface area contributed by atoms with E-state index < -0.39 is 5.92 Å². The van der Waals surface area contributed by atoms with E-state index in [1.807, 2.05) is 0 Å². The van der Waals surface area contributed by atoms with Gasteiger partial charge in [0.25, 0.3) is 0 Å². The van der Waals surface area contributed by atoms with Crippen LogP contribution in [-0.4, -0.2) is 29.9 Å².